The number of nitrogens with one attached hydrogen (secondary N) is 1. The molecule has 0 saturated carbocycles. The molecule has 4 rings (SSSR count). The molecule has 174 valence electrons. The van der Waals surface area contributed by atoms with Crippen LogP contribution in [0, 0.1) is 0 Å². The van der Waals surface area contributed by atoms with Gasteiger partial charge in [-0.1, -0.05) is 48.0 Å². The molecule has 0 unspecified atom stereocenters. The van der Waals surface area contributed by atoms with Gasteiger partial charge >= 0.3 is 0 Å². The van der Waals surface area contributed by atoms with E-state index in [0.29, 0.717) is 47.4 Å². The third-order valence-corrected chi connectivity index (χ3v) is 5.30. The van der Waals surface area contributed by atoms with Gasteiger partial charge in [0.15, 0.2) is 11.5 Å². The molecule has 1 heterocycles. The molecule has 0 spiro atoms. The van der Waals surface area contributed by atoms with Crippen LogP contribution in [0.1, 0.15) is 12.0 Å². The van der Waals surface area contributed by atoms with Gasteiger partial charge in [0.05, 0.1) is 31.0 Å². The molecule has 1 saturated heterocycles. The van der Waals surface area contributed by atoms with Crippen LogP contribution in [-0.2, 0) is 9.59 Å². The van der Waals surface area contributed by atoms with E-state index >= 15 is 0 Å². The maximum atomic E-state index is 12.8. The molecule has 0 aromatic heterocycles. The number of hydrogen-bond acceptors (Lipinski definition) is 5. The van der Waals surface area contributed by atoms with Crippen LogP contribution in [0.2, 0.25) is 5.02 Å². The van der Waals surface area contributed by atoms with Crippen LogP contribution in [0.4, 0.5) is 5.69 Å². The van der Waals surface area contributed by atoms with E-state index in [0.717, 1.165) is 5.75 Å². The van der Waals surface area contributed by atoms with E-state index in [1.165, 1.54) is 18.2 Å². The second-order valence-corrected chi connectivity index (χ2v) is 7.78. The maximum absolute atomic E-state index is 12.8. The third kappa shape index (κ3) is 5.32. The standard InChI is InChI=1S/C26H23ClN2O5/c1-32-23-17-18(15-21-25(30)28-29(26(21)31)19-9-4-2-5-10-19)16-22(27)24(23)34-14-8-13-33-20-11-6-3-7-12-20/h2-7,9-12,15-17H,8,13-14H2,1H3,(H,28,30). The monoisotopic (exact) mass is 478 g/mol. The average molecular weight is 479 g/mol. The minimum absolute atomic E-state index is 0.00583. The van der Waals surface area contributed by atoms with Crippen molar-refractivity contribution in [2.24, 2.45) is 0 Å². The van der Waals surface area contributed by atoms with E-state index in [9.17, 15) is 9.59 Å². The SMILES string of the molecule is COc1cc(C=C2C(=O)NN(c3ccccc3)C2=O)cc(Cl)c1OCCCOc1ccccc1. The van der Waals surface area contributed by atoms with Crippen molar-refractivity contribution in [3.05, 3.63) is 89.0 Å². The molecule has 1 N–H and O–H groups in total. The van der Waals surface area contributed by atoms with Crippen molar-refractivity contribution in [1.82, 2.24) is 5.43 Å². The molecule has 3 aromatic carbocycles. The van der Waals surface area contributed by atoms with Gasteiger partial charge in [-0.3, -0.25) is 15.0 Å². The van der Waals surface area contributed by atoms with Gasteiger partial charge in [0.2, 0.25) is 0 Å². The number of hydrazine groups is 1. The van der Waals surface area contributed by atoms with Crippen LogP contribution in [0.3, 0.4) is 0 Å². The number of ether oxygens (including phenoxy) is 3. The number of methoxy groups -OCH3 is 1. The summed E-state index contributed by atoms with van der Waals surface area (Å²) in [5.74, 6) is 0.632. The lowest BCUT2D eigenvalue weighted by molar-refractivity contribution is -0.117. The Bertz CT molecular complexity index is 1200. The molecule has 8 heteroatoms. The van der Waals surface area contributed by atoms with Crippen molar-refractivity contribution in [1.29, 1.82) is 0 Å². The van der Waals surface area contributed by atoms with Crippen molar-refractivity contribution in [3.8, 4) is 17.2 Å². The van der Waals surface area contributed by atoms with Crippen molar-refractivity contribution in [2.75, 3.05) is 25.3 Å². The summed E-state index contributed by atoms with van der Waals surface area (Å²) in [6.45, 7) is 0.861. The normalized spacial score (nSPS) is 14.3. The van der Waals surface area contributed by atoms with Crippen LogP contribution in [-0.4, -0.2) is 32.1 Å². The Labute approximate surface area is 202 Å². The molecule has 1 aliphatic rings. The highest BCUT2D eigenvalue weighted by Crippen LogP contribution is 2.37. The van der Waals surface area contributed by atoms with Crippen molar-refractivity contribution in [2.45, 2.75) is 6.42 Å². The first-order chi connectivity index (χ1) is 16.6. The highest BCUT2D eigenvalue weighted by molar-refractivity contribution is 6.33. The van der Waals surface area contributed by atoms with Crippen molar-refractivity contribution in [3.63, 3.8) is 0 Å². The number of halogens is 1. The highest BCUT2D eigenvalue weighted by atomic mass is 35.5. The average Bonchev–Trinajstić information content (AvgIpc) is 3.14. The van der Waals surface area contributed by atoms with Crippen molar-refractivity contribution >= 4 is 35.2 Å². The Balaban J connectivity index is 1.43. The van der Waals surface area contributed by atoms with E-state index in [2.05, 4.69) is 5.43 Å². The first kappa shape index (κ1) is 23.2. The van der Waals surface area contributed by atoms with E-state index in [-0.39, 0.29) is 5.57 Å². The smallest absolute Gasteiger partial charge is 0.282 e. The molecule has 0 radical (unpaired) electrons. The fourth-order valence-corrected chi connectivity index (χ4v) is 3.66. The molecular formula is C26H23ClN2O5. The summed E-state index contributed by atoms with van der Waals surface area (Å²) in [6.07, 6.45) is 2.12. The van der Waals surface area contributed by atoms with E-state index in [1.54, 1.807) is 36.4 Å². The Morgan fingerprint density at radius 1 is 0.941 bits per heavy atom. The van der Waals surface area contributed by atoms with E-state index < -0.39 is 11.8 Å². The number of para-hydroxylation sites is 2. The number of hydrogen-bond donors (Lipinski definition) is 1. The summed E-state index contributed by atoms with van der Waals surface area (Å²) < 4.78 is 16.9. The molecule has 1 aliphatic heterocycles. The molecule has 1 fully saturated rings. The zero-order valence-electron chi connectivity index (χ0n) is 18.5. The Hall–Kier alpha value is -3.97. The minimum Gasteiger partial charge on any atom is -0.493 e. The Morgan fingerprint density at radius 2 is 1.62 bits per heavy atom. The molecule has 2 amide bonds. The summed E-state index contributed by atoms with van der Waals surface area (Å²) in [6, 6.07) is 21.7. The molecule has 34 heavy (non-hydrogen) atoms. The third-order valence-electron chi connectivity index (χ3n) is 5.02. The molecule has 0 atom stereocenters. The molecule has 0 aliphatic carbocycles. The lowest BCUT2D eigenvalue weighted by atomic mass is 10.1. The minimum atomic E-state index is -0.498. The molecule has 7 nitrogen and oxygen atoms in total. The lowest BCUT2D eigenvalue weighted by Crippen LogP contribution is -2.35. The Kier molecular flexibility index (Phi) is 7.34. The van der Waals surface area contributed by atoms with Gasteiger partial charge in [-0.25, -0.2) is 5.01 Å². The summed E-state index contributed by atoms with van der Waals surface area (Å²) in [4.78, 5) is 25.2. The second kappa shape index (κ2) is 10.8. The van der Waals surface area contributed by atoms with Crippen LogP contribution in [0.5, 0.6) is 17.2 Å². The zero-order valence-corrected chi connectivity index (χ0v) is 19.2. The fourth-order valence-electron chi connectivity index (χ4n) is 3.39. The van der Waals surface area contributed by atoms with Gasteiger partial charge in [-0.2, -0.15) is 0 Å². The summed E-state index contributed by atoms with van der Waals surface area (Å²) in [5, 5.41) is 1.52. The van der Waals surface area contributed by atoms with Gasteiger partial charge in [0, 0.05) is 6.42 Å². The topological polar surface area (TPSA) is 77.1 Å². The number of benzene rings is 3. The number of anilines is 1. The van der Waals surface area contributed by atoms with Gasteiger partial charge in [0.1, 0.15) is 11.3 Å². The van der Waals surface area contributed by atoms with Gasteiger partial charge < -0.3 is 14.2 Å². The predicted molar refractivity (Wildman–Crippen MR) is 130 cm³/mol. The lowest BCUT2D eigenvalue weighted by Gasteiger charge is -2.14. The first-order valence-corrected chi connectivity index (χ1v) is 11.0. The van der Waals surface area contributed by atoms with Gasteiger partial charge in [-0.15, -0.1) is 0 Å². The number of nitrogens with zero attached hydrogens (tertiary/aromatic N) is 1. The van der Waals surface area contributed by atoms with E-state index in [4.69, 9.17) is 25.8 Å². The number of carbonyl (C=O) groups is 2. The molecule has 0 bridgehead atoms. The maximum Gasteiger partial charge on any atom is 0.282 e. The predicted octanol–water partition coefficient (Wildman–Crippen LogP) is 4.66. The Morgan fingerprint density at radius 3 is 2.32 bits per heavy atom. The van der Waals surface area contributed by atoms with Crippen LogP contribution in [0.15, 0.2) is 78.4 Å². The van der Waals surface area contributed by atoms with Gasteiger partial charge in [0.25, 0.3) is 11.8 Å². The van der Waals surface area contributed by atoms with Crippen LogP contribution < -0.4 is 24.6 Å². The highest BCUT2D eigenvalue weighted by Gasteiger charge is 2.34. The van der Waals surface area contributed by atoms with Crippen LogP contribution >= 0.6 is 11.6 Å². The fraction of sp³-hybridized carbons (Fsp3) is 0.154. The van der Waals surface area contributed by atoms with E-state index in [1.807, 2.05) is 36.4 Å². The number of rotatable bonds is 9. The van der Waals surface area contributed by atoms with Crippen LogP contribution in [0.25, 0.3) is 6.08 Å². The quantitative estimate of drug-likeness (QED) is 0.275. The van der Waals surface area contributed by atoms with Gasteiger partial charge in [-0.05, 0) is 48.0 Å². The number of amides is 2. The second-order valence-electron chi connectivity index (χ2n) is 7.37. The summed E-state index contributed by atoms with van der Waals surface area (Å²) in [5.41, 5.74) is 3.67. The van der Waals surface area contributed by atoms with Crippen molar-refractivity contribution < 1.29 is 23.8 Å². The first-order valence-electron chi connectivity index (χ1n) is 10.7. The molecule has 3 aromatic rings. The molecular weight excluding hydrogens is 456 g/mol. The summed E-state index contributed by atoms with van der Waals surface area (Å²) >= 11 is 6.44. The number of carbonyl (C=O) groups excluding carboxylic acids is 2. The zero-order chi connectivity index (χ0) is 23.9. The summed E-state index contributed by atoms with van der Waals surface area (Å²) in [7, 11) is 1.50. The largest absolute Gasteiger partial charge is 0.493 e.